The van der Waals surface area contributed by atoms with Crippen molar-refractivity contribution in [1.82, 2.24) is 14.4 Å². The molecule has 2 heterocycles. The van der Waals surface area contributed by atoms with E-state index in [4.69, 9.17) is 4.52 Å². The van der Waals surface area contributed by atoms with Crippen LogP contribution in [0.4, 0.5) is 0 Å². The Morgan fingerprint density at radius 3 is 2.30 bits per heavy atom. The Kier molecular flexibility index (Phi) is 7.99. The summed E-state index contributed by atoms with van der Waals surface area (Å²) in [6.45, 7) is 8.86. The summed E-state index contributed by atoms with van der Waals surface area (Å²) in [5, 5.41) is 3.96. The van der Waals surface area contributed by atoms with Crippen LogP contribution in [0.3, 0.4) is 0 Å². The van der Waals surface area contributed by atoms with Crippen LogP contribution >= 0.6 is 0 Å². The number of sulfonamides is 1. The van der Waals surface area contributed by atoms with Gasteiger partial charge in [0.1, 0.15) is 5.69 Å². The van der Waals surface area contributed by atoms with E-state index in [1.54, 1.807) is 24.9 Å². The lowest BCUT2D eigenvalue weighted by Gasteiger charge is -2.32. The molecule has 1 aromatic heterocycles. The highest BCUT2D eigenvalue weighted by atomic mass is 32.2. The third-order valence-corrected chi connectivity index (χ3v) is 9.07. The summed E-state index contributed by atoms with van der Waals surface area (Å²) in [5.74, 6) is 0.0720. The van der Waals surface area contributed by atoms with Gasteiger partial charge in [-0.05, 0) is 68.9 Å². The number of rotatable bonds is 7. The smallest absolute Gasteiger partial charge is 0.248 e. The van der Waals surface area contributed by atoms with Gasteiger partial charge in [-0.25, -0.2) is 8.42 Å². The van der Waals surface area contributed by atoms with E-state index >= 15 is 0 Å². The van der Waals surface area contributed by atoms with Crippen molar-refractivity contribution >= 4 is 28.1 Å². The van der Waals surface area contributed by atoms with Crippen LogP contribution in [-0.2, 0) is 21.4 Å². The highest BCUT2D eigenvalue weighted by Crippen LogP contribution is 2.30. The molecule has 0 N–H and O–H groups in total. The van der Waals surface area contributed by atoms with Crippen LogP contribution in [0.1, 0.15) is 52.1 Å². The van der Waals surface area contributed by atoms with Crippen molar-refractivity contribution in [2.45, 2.75) is 52.0 Å². The molecule has 0 atom stereocenters. The first-order valence-electron chi connectivity index (χ1n) is 12.6. The number of aryl methyl sites for hydroxylation is 4. The standard InChI is InChI=1S/C29H35N3O4S/c1-20-17-21(2)26(22(3)18-20)11-12-27-28(23(4)30-36-27)37(34,35)32-15-13-25(14-16-32)29(33)31(5)19-24-9-7-6-8-10-24/h6-12,17-18,25H,13-16,19H2,1-5H3/b12-11+. The summed E-state index contributed by atoms with van der Waals surface area (Å²) < 4.78 is 34.1. The number of hydrogen-bond acceptors (Lipinski definition) is 5. The van der Waals surface area contributed by atoms with Gasteiger partial charge < -0.3 is 9.42 Å². The first kappa shape index (κ1) is 26.8. The Morgan fingerprint density at radius 2 is 1.68 bits per heavy atom. The summed E-state index contributed by atoms with van der Waals surface area (Å²) >= 11 is 0. The lowest BCUT2D eigenvalue weighted by Crippen LogP contribution is -2.43. The molecule has 7 nitrogen and oxygen atoms in total. The average Bonchev–Trinajstić information content (AvgIpc) is 3.24. The van der Waals surface area contributed by atoms with Crippen LogP contribution in [-0.4, -0.2) is 48.8 Å². The second-order valence-electron chi connectivity index (χ2n) is 9.97. The van der Waals surface area contributed by atoms with Crippen LogP contribution in [0, 0.1) is 33.6 Å². The van der Waals surface area contributed by atoms with E-state index < -0.39 is 10.0 Å². The zero-order chi connectivity index (χ0) is 26.7. The zero-order valence-electron chi connectivity index (χ0n) is 22.2. The molecule has 3 aromatic rings. The maximum atomic E-state index is 13.6. The Hall–Kier alpha value is -3.23. The van der Waals surface area contributed by atoms with Gasteiger partial charge >= 0.3 is 0 Å². The van der Waals surface area contributed by atoms with E-state index in [0.717, 1.165) is 22.3 Å². The van der Waals surface area contributed by atoms with Crippen molar-refractivity contribution in [2.24, 2.45) is 5.92 Å². The molecule has 0 saturated carbocycles. The van der Waals surface area contributed by atoms with Gasteiger partial charge in [0.05, 0.1) is 0 Å². The molecule has 0 radical (unpaired) electrons. The molecule has 0 aliphatic carbocycles. The Labute approximate surface area is 219 Å². The van der Waals surface area contributed by atoms with Crippen LogP contribution in [0.25, 0.3) is 12.2 Å². The van der Waals surface area contributed by atoms with Crippen LogP contribution in [0.2, 0.25) is 0 Å². The Balaban J connectivity index is 1.47. The normalized spacial score (nSPS) is 15.4. The maximum absolute atomic E-state index is 13.6. The number of amides is 1. The highest BCUT2D eigenvalue weighted by molar-refractivity contribution is 7.89. The minimum Gasteiger partial charge on any atom is -0.355 e. The second kappa shape index (κ2) is 11.0. The van der Waals surface area contributed by atoms with Crippen molar-refractivity contribution in [3.05, 3.63) is 81.7 Å². The van der Waals surface area contributed by atoms with E-state index in [0.29, 0.717) is 25.1 Å². The molecular weight excluding hydrogens is 486 g/mol. The first-order chi connectivity index (χ1) is 17.6. The number of hydrogen-bond donors (Lipinski definition) is 0. The van der Waals surface area contributed by atoms with Crippen molar-refractivity contribution < 1.29 is 17.7 Å². The van der Waals surface area contributed by atoms with Crippen molar-refractivity contribution in [2.75, 3.05) is 20.1 Å². The molecule has 1 aliphatic heterocycles. The number of aromatic nitrogens is 1. The lowest BCUT2D eigenvalue weighted by molar-refractivity contribution is -0.135. The van der Waals surface area contributed by atoms with Gasteiger partial charge in [0.2, 0.25) is 15.9 Å². The van der Waals surface area contributed by atoms with E-state index in [9.17, 15) is 13.2 Å². The molecule has 0 spiro atoms. The largest absolute Gasteiger partial charge is 0.355 e. The Morgan fingerprint density at radius 1 is 1.05 bits per heavy atom. The number of nitrogens with zero attached hydrogens (tertiary/aromatic N) is 3. The SMILES string of the molecule is Cc1cc(C)c(/C=C/c2onc(C)c2S(=O)(=O)N2CCC(C(=O)N(C)Cc3ccccc3)CC2)c(C)c1. The molecule has 0 unspecified atom stereocenters. The van der Waals surface area contributed by atoms with Crippen LogP contribution in [0.15, 0.2) is 51.9 Å². The molecule has 1 fully saturated rings. The van der Waals surface area contributed by atoms with Gasteiger partial charge in [-0.2, -0.15) is 4.31 Å². The minimum absolute atomic E-state index is 0.0505. The fraction of sp³-hybridized carbons (Fsp3) is 0.379. The third kappa shape index (κ3) is 5.86. The van der Waals surface area contributed by atoms with Gasteiger partial charge in [0.25, 0.3) is 0 Å². The molecule has 2 aromatic carbocycles. The fourth-order valence-corrected chi connectivity index (χ4v) is 6.85. The summed E-state index contributed by atoms with van der Waals surface area (Å²) in [6.07, 6.45) is 4.53. The monoisotopic (exact) mass is 521 g/mol. The first-order valence-corrected chi connectivity index (χ1v) is 14.0. The molecule has 1 amide bonds. The molecule has 1 aliphatic rings. The van der Waals surface area contributed by atoms with E-state index in [-0.39, 0.29) is 35.6 Å². The van der Waals surface area contributed by atoms with Crippen molar-refractivity contribution in [3.8, 4) is 0 Å². The number of carbonyl (C=O) groups excluding carboxylic acids is 1. The maximum Gasteiger partial charge on any atom is 0.248 e. The zero-order valence-corrected chi connectivity index (χ0v) is 23.0. The third-order valence-electron chi connectivity index (χ3n) is 7.01. The van der Waals surface area contributed by atoms with Gasteiger partial charge in [0.15, 0.2) is 10.7 Å². The van der Waals surface area contributed by atoms with Gasteiger partial charge in [0, 0.05) is 32.6 Å². The average molecular weight is 522 g/mol. The lowest BCUT2D eigenvalue weighted by atomic mass is 9.96. The molecular formula is C29H35N3O4S. The van der Waals surface area contributed by atoms with E-state index in [1.807, 2.05) is 50.3 Å². The molecule has 8 heteroatoms. The fourth-order valence-electron chi connectivity index (χ4n) is 5.13. The number of piperidine rings is 1. The van der Waals surface area contributed by atoms with Gasteiger partial charge in [-0.1, -0.05) is 59.3 Å². The highest BCUT2D eigenvalue weighted by Gasteiger charge is 2.36. The van der Waals surface area contributed by atoms with Gasteiger partial charge in [-0.15, -0.1) is 0 Å². The predicted octanol–water partition coefficient (Wildman–Crippen LogP) is 5.14. The topological polar surface area (TPSA) is 83.7 Å². The number of carbonyl (C=O) groups is 1. The molecule has 196 valence electrons. The summed E-state index contributed by atoms with van der Waals surface area (Å²) in [5.41, 5.74) is 5.83. The molecule has 4 rings (SSSR count). The quantitative estimate of drug-likeness (QED) is 0.430. The summed E-state index contributed by atoms with van der Waals surface area (Å²) in [4.78, 5) is 14.8. The Bertz CT molecular complexity index is 1380. The van der Waals surface area contributed by atoms with Crippen LogP contribution in [0.5, 0.6) is 0 Å². The van der Waals surface area contributed by atoms with Crippen molar-refractivity contribution in [3.63, 3.8) is 0 Å². The molecule has 0 bridgehead atoms. The molecule has 37 heavy (non-hydrogen) atoms. The van der Waals surface area contributed by atoms with Crippen molar-refractivity contribution in [1.29, 1.82) is 0 Å². The second-order valence-corrected chi connectivity index (χ2v) is 11.8. The van der Waals surface area contributed by atoms with E-state index in [1.165, 1.54) is 9.87 Å². The number of benzene rings is 2. The predicted molar refractivity (Wildman–Crippen MR) is 145 cm³/mol. The molecule has 1 saturated heterocycles. The van der Waals surface area contributed by atoms with Gasteiger partial charge in [-0.3, -0.25) is 4.79 Å². The summed E-state index contributed by atoms with van der Waals surface area (Å²) in [6, 6.07) is 14.0. The van der Waals surface area contributed by atoms with Crippen LogP contribution < -0.4 is 0 Å². The summed E-state index contributed by atoms with van der Waals surface area (Å²) in [7, 11) is -2.03. The minimum atomic E-state index is -3.83. The van der Waals surface area contributed by atoms with E-state index in [2.05, 4.69) is 24.2 Å².